The monoisotopic (exact) mass is 298 g/mol. The molecule has 0 N–H and O–H groups in total. The van der Waals surface area contributed by atoms with E-state index in [4.69, 9.17) is 4.74 Å². The molecule has 1 aliphatic rings. The number of nitrogens with zero attached hydrogens (tertiary/aromatic N) is 2. The van der Waals surface area contributed by atoms with E-state index in [0.29, 0.717) is 0 Å². The van der Waals surface area contributed by atoms with E-state index in [9.17, 15) is 0 Å². The second kappa shape index (κ2) is 8.72. The third kappa shape index (κ3) is 5.63. The minimum Gasteiger partial charge on any atom is -0.478 e. The van der Waals surface area contributed by atoms with Gasteiger partial charge in [0.2, 0.25) is 5.88 Å². The zero-order valence-electron chi connectivity index (χ0n) is 11.5. The quantitative estimate of drug-likeness (QED) is 0.541. The lowest BCUT2D eigenvalue weighted by atomic mass is 10.2. The van der Waals surface area contributed by atoms with Crippen LogP contribution in [-0.4, -0.2) is 47.5 Å². The fraction of sp³-hybridized carbons (Fsp3) is 0.643. The van der Waals surface area contributed by atoms with Crippen molar-refractivity contribution in [1.82, 2.24) is 9.88 Å². The third-order valence-corrected chi connectivity index (χ3v) is 4.87. The van der Waals surface area contributed by atoms with Crippen LogP contribution < -0.4 is 4.74 Å². The Morgan fingerprint density at radius 2 is 2.32 bits per heavy atom. The van der Waals surface area contributed by atoms with Gasteiger partial charge in [-0.05, 0) is 38.1 Å². The standard InChI is InChI=1S/C14H22N2OS2/c1-18-13-5-6-14(15-11-13)17-9-4-2-3-7-16-8-10-19-12-16/h5-6,11H,2-4,7-10,12H2,1H3. The summed E-state index contributed by atoms with van der Waals surface area (Å²) >= 11 is 3.74. The Hall–Kier alpha value is -0.390. The van der Waals surface area contributed by atoms with Gasteiger partial charge in [-0.25, -0.2) is 4.98 Å². The molecule has 1 aliphatic heterocycles. The van der Waals surface area contributed by atoms with Crippen LogP contribution in [0.3, 0.4) is 0 Å². The fourth-order valence-corrected chi connectivity index (χ4v) is 3.39. The van der Waals surface area contributed by atoms with Crippen molar-refractivity contribution in [3.8, 4) is 5.88 Å². The molecule has 0 saturated carbocycles. The summed E-state index contributed by atoms with van der Waals surface area (Å²) in [6.07, 6.45) is 7.56. The fourth-order valence-electron chi connectivity index (χ4n) is 1.99. The molecule has 0 spiro atoms. The van der Waals surface area contributed by atoms with E-state index in [1.54, 1.807) is 11.8 Å². The van der Waals surface area contributed by atoms with Crippen LogP contribution in [0.1, 0.15) is 19.3 Å². The number of hydrogen-bond acceptors (Lipinski definition) is 5. The lowest BCUT2D eigenvalue weighted by molar-refractivity contribution is 0.285. The van der Waals surface area contributed by atoms with Gasteiger partial charge < -0.3 is 4.74 Å². The molecule has 0 unspecified atom stereocenters. The summed E-state index contributed by atoms with van der Waals surface area (Å²) in [4.78, 5) is 7.99. The van der Waals surface area contributed by atoms with Crippen LogP contribution >= 0.6 is 23.5 Å². The molecule has 0 aromatic carbocycles. The molecule has 5 heteroatoms. The van der Waals surface area contributed by atoms with Gasteiger partial charge in [-0.15, -0.1) is 23.5 Å². The van der Waals surface area contributed by atoms with E-state index in [2.05, 4.69) is 22.2 Å². The predicted molar refractivity (Wildman–Crippen MR) is 84.3 cm³/mol. The van der Waals surface area contributed by atoms with Crippen LogP contribution in [-0.2, 0) is 0 Å². The zero-order chi connectivity index (χ0) is 13.3. The number of thioether (sulfide) groups is 2. The molecule has 2 rings (SSSR count). The summed E-state index contributed by atoms with van der Waals surface area (Å²) in [5.74, 6) is 3.27. The summed E-state index contributed by atoms with van der Waals surface area (Å²) in [5, 5.41) is 0. The Morgan fingerprint density at radius 1 is 1.37 bits per heavy atom. The summed E-state index contributed by atoms with van der Waals surface area (Å²) < 4.78 is 5.64. The number of hydrogen-bond donors (Lipinski definition) is 0. The molecule has 19 heavy (non-hydrogen) atoms. The van der Waals surface area contributed by atoms with Crippen molar-refractivity contribution in [2.24, 2.45) is 0 Å². The van der Waals surface area contributed by atoms with Crippen molar-refractivity contribution in [3.63, 3.8) is 0 Å². The first-order chi connectivity index (χ1) is 9.38. The molecular weight excluding hydrogens is 276 g/mol. The highest BCUT2D eigenvalue weighted by Crippen LogP contribution is 2.16. The Morgan fingerprint density at radius 3 is 3.00 bits per heavy atom. The van der Waals surface area contributed by atoms with Crippen molar-refractivity contribution < 1.29 is 4.74 Å². The van der Waals surface area contributed by atoms with Gasteiger partial charge in [0.25, 0.3) is 0 Å². The molecule has 1 saturated heterocycles. The molecule has 2 heterocycles. The predicted octanol–water partition coefficient (Wildman–Crippen LogP) is 3.36. The molecule has 1 aromatic rings. The molecule has 0 atom stereocenters. The van der Waals surface area contributed by atoms with E-state index < -0.39 is 0 Å². The average Bonchev–Trinajstić information content (AvgIpc) is 2.96. The van der Waals surface area contributed by atoms with Crippen molar-refractivity contribution in [1.29, 1.82) is 0 Å². The van der Waals surface area contributed by atoms with Gasteiger partial charge in [-0.1, -0.05) is 0 Å². The third-order valence-electron chi connectivity index (χ3n) is 3.14. The van der Waals surface area contributed by atoms with Crippen molar-refractivity contribution in [2.75, 3.05) is 37.6 Å². The smallest absolute Gasteiger partial charge is 0.213 e. The molecule has 3 nitrogen and oxygen atoms in total. The molecule has 0 aliphatic carbocycles. The van der Waals surface area contributed by atoms with Crippen molar-refractivity contribution >= 4 is 23.5 Å². The molecule has 0 amide bonds. The summed E-state index contributed by atoms with van der Waals surface area (Å²) in [6, 6.07) is 4.01. The lowest BCUT2D eigenvalue weighted by Gasteiger charge is -2.13. The normalized spacial score (nSPS) is 15.8. The lowest BCUT2D eigenvalue weighted by Crippen LogP contribution is -2.20. The summed E-state index contributed by atoms with van der Waals surface area (Å²) in [5.41, 5.74) is 0. The largest absolute Gasteiger partial charge is 0.478 e. The van der Waals surface area contributed by atoms with E-state index >= 15 is 0 Å². The van der Waals surface area contributed by atoms with Crippen molar-refractivity contribution in [2.45, 2.75) is 24.2 Å². The van der Waals surface area contributed by atoms with Gasteiger partial charge in [0.15, 0.2) is 0 Å². The van der Waals surface area contributed by atoms with Crippen LogP contribution in [0.2, 0.25) is 0 Å². The van der Waals surface area contributed by atoms with Crippen molar-refractivity contribution in [3.05, 3.63) is 18.3 Å². The molecule has 1 fully saturated rings. The number of ether oxygens (including phenoxy) is 1. The van der Waals surface area contributed by atoms with Gasteiger partial charge in [0.05, 0.1) is 6.61 Å². The Balaban J connectivity index is 1.51. The van der Waals surface area contributed by atoms with Gasteiger partial charge in [0.1, 0.15) is 0 Å². The second-order valence-corrected chi connectivity index (χ2v) is 6.56. The Kier molecular flexibility index (Phi) is 6.88. The average molecular weight is 298 g/mol. The van der Waals surface area contributed by atoms with Gasteiger partial charge >= 0.3 is 0 Å². The van der Waals surface area contributed by atoms with Crippen LogP contribution in [0, 0.1) is 0 Å². The van der Waals surface area contributed by atoms with Gasteiger partial charge in [-0.2, -0.15) is 0 Å². The Bertz CT molecular complexity index is 353. The van der Waals surface area contributed by atoms with Crippen LogP contribution in [0.15, 0.2) is 23.2 Å². The maximum absolute atomic E-state index is 5.64. The van der Waals surface area contributed by atoms with Crippen LogP contribution in [0.25, 0.3) is 0 Å². The second-order valence-electron chi connectivity index (χ2n) is 4.60. The van der Waals surface area contributed by atoms with E-state index in [1.807, 2.05) is 24.0 Å². The van der Waals surface area contributed by atoms with E-state index in [0.717, 1.165) is 18.9 Å². The number of aromatic nitrogens is 1. The molecule has 0 bridgehead atoms. The minimum atomic E-state index is 0.744. The maximum Gasteiger partial charge on any atom is 0.213 e. The maximum atomic E-state index is 5.64. The minimum absolute atomic E-state index is 0.744. The highest BCUT2D eigenvalue weighted by atomic mass is 32.2. The van der Waals surface area contributed by atoms with E-state index in [1.165, 1.54) is 42.5 Å². The molecule has 1 aromatic heterocycles. The number of pyridine rings is 1. The summed E-state index contributed by atoms with van der Waals surface area (Å²) in [6.45, 7) is 3.29. The van der Waals surface area contributed by atoms with Gasteiger partial charge in [-0.3, -0.25) is 4.90 Å². The summed E-state index contributed by atoms with van der Waals surface area (Å²) in [7, 11) is 0. The Labute approximate surface area is 124 Å². The first-order valence-electron chi connectivity index (χ1n) is 6.81. The zero-order valence-corrected chi connectivity index (χ0v) is 13.1. The van der Waals surface area contributed by atoms with E-state index in [-0.39, 0.29) is 0 Å². The first-order valence-corrected chi connectivity index (χ1v) is 9.19. The van der Waals surface area contributed by atoms with Crippen LogP contribution in [0.4, 0.5) is 0 Å². The molecule has 0 radical (unpaired) electrons. The highest BCUT2D eigenvalue weighted by Gasteiger charge is 2.10. The number of unbranched alkanes of at least 4 members (excludes halogenated alkanes) is 2. The topological polar surface area (TPSA) is 25.4 Å². The SMILES string of the molecule is CSc1ccc(OCCCCCN2CCSC2)nc1. The number of rotatable bonds is 8. The molecule has 106 valence electrons. The highest BCUT2D eigenvalue weighted by molar-refractivity contribution is 7.99. The van der Waals surface area contributed by atoms with Gasteiger partial charge in [0, 0.05) is 35.3 Å². The first kappa shape index (κ1) is 15.0. The molecular formula is C14H22N2OS2. The van der Waals surface area contributed by atoms with Crippen LogP contribution in [0.5, 0.6) is 5.88 Å².